The van der Waals surface area contributed by atoms with Gasteiger partial charge in [0.1, 0.15) is 23.2 Å². The van der Waals surface area contributed by atoms with Crippen LogP contribution in [-0.2, 0) is 14.3 Å². The summed E-state index contributed by atoms with van der Waals surface area (Å²) in [6.07, 6.45) is 1.71. The molecule has 0 atom stereocenters. The summed E-state index contributed by atoms with van der Waals surface area (Å²) in [4.78, 5) is 38.1. The number of hydrogen-bond acceptors (Lipinski definition) is 7. The number of furan rings is 1. The number of nitriles is 1. The van der Waals surface area contributed by atoms with Gasteiger partial charge in [0, 0.05) is 24.3 Å². The van der Waals surface area contributed by atoms with Crippen LogP contribution in [0.4, 0.5) is 0 Å². The molecule has 2 heterocycles. The molecule has 0 saturated carbocycles. The molecule has 0 aliphatic carbocycles. The Hall–Kier alpha value is -3.96. The molecular weight excluding hydrogens is 412 g/mol. The summed E-state index contributed by atoms with van der Waals surface area (Å²) in [7, 11) is 0. The van der Waals surface area contributed by atoms with Gasteiger partial charge in [-0.1, -0.05) is 12.1 Å². The van der Waals surface area contributed by atoms with E-state index in [1.807, 2.05) is 6.07 Å². The molecule has 1 aromatic heterocycles. The van der Waals surface area contributed by atoms with Gasteiger partial charge in [0.15, 0.2) is 0 Å². The molecule has 0 unspecified atom stereocenters. The monoisotopic (exact) mass is 434 g/mol. The highest BCUT2D eigenvalue weighted by atomic mass is 16.5. The smallest absolute Gasteiger partial charge is 0.338 e. The van der Waals surface area contributed by atoms with Gasteiger partial charge in [0.25, 0.3) is 11.8 Å². The number of carbonyl (C=O) groups excluding carboxylic acids is 3. The van der Waals surface area contributed by atoms with E-state index in [9.17, 15) is 19.6 Å². The van der Waals surface area contributed by atoms with Gasteiger partial charge in [-0.05, 0) is 56.2 Å². The summed E-state index contributed by atoms with van der Waals surface area (Å²) in [5, 5.41) is 18.4. The van der Waals surface area contributed by atoms with Gasteiger partial charge in [-0.15, -0.1) is 0 Å². The van der Waals surface area contributed by atoms with Crippen LogP contribution in [0.2, 0.25) is 0 Å². The summed E-state index contributed by atoms with van der Waals surface area (Å²) < 4.78 is 10.8. The number of rotatable bonds is 7. The number of amides is 2. The third-order valence-corrected chi connectivity index (χ3v) is 4.96. The minimum Gasteiger partial charge on any atom is -0.462 e. The minimum atomic E-state index is -0.664. The van der Waals surface area contributed by atoms with Crippen molar-refractivity contribution < 1.29 is 28.6 Å². The number of nitrogens with zero attached hydrogens (tertiary/aromatic N) is 2. The maximum Gasteiger partial charge on any atom is 0.338 e. The van der Waals surface area contributed by atoms with Gasteiger partial charge in [-0.25, -0.2) is 4.79 Å². The topological polar surface area (TPSA) is 121 Å². The number of imide groups is 1. The van der Waals surface area contributed by atoms with Crippen molar-refractivity contribution in [2.45, 2.75) is 20.3 Å². The van der Waals surface area contributed by atoms with E-state index in [1.54, 1.807) is 50.2 Å². The Morgan fingerprint density at radius 1 is 1.19 bits per heavy atom. The largest absolute Gasteiger partial charge is 0.462 e. The Bertz CT molecular complexity index is 1150. The quantitative estimate of drug-likeness (QED) is 0.404. The van der Waals surface area contributed by atoms with Crippen LogP contribution in [0.5, 0.6) is 0 Å². The number of carbonyl (C=O) groups is 3. The van der Waals surface area contributed by atoms with Crippen molar-refractivity contribution >= 4 is 23.9 Å². The average Bonchev–Trinajstić information content (AvgIpc) is 3.26. The molecule has 1 aliphatic rings. The molecule has 1 aliphatic heterocycles. The van der Waals surface area contributed by atoms with E-state index in [0.29, 0.717) is 23.7 Å². The van der Waals surface area contributed by atoms with Gasteiger partial charge < -0.3 is 14.3 Å². The van der Waals surface area contributed by atoms with Gasteiger partial charge in [-0.2, -0.15) is 5.26 Å². The molecule has 8 heteroatoms. The number of aliphatic hydroxyl groups is 1. The fraction of sp³-hybridized carbons (Fsp3) is 0.250. The fourth-order valence-corrected chi connectivity index (χ4v) is 3.27. The van der Waals surface area contributed by atoms with Crippen LogP contribution in [0, 0.1) is 11.3 Å². The second kappa shape index (κ2) is 9.90. The Kier molecular flexibility index (Phi) is 7.03. The van der Waals surface area contributed by atoms with E-state index in [2.05, 4.69) is 0 Å². The molecule has 2 amide bonds. The van der Waals surface area contributed by atoms with Gasteiger partial charge >= 0.3 is 5.97 Å². The highest BCUT2D eigenvalue weighted by Gasteiger charge is 2.35. The van der Waals surface area contributed by atoms with Crippen molar-refractivity contribution in [2.24, 2.45) is 0 Å². The maximum absolute atomic E-state index is 12.9. The lowest BCUT2D eigenvalue weighted by atomic mass is 9.94. The molecule has 0 radical (unpaired) electrons. The summed E-state index contributed by atoms with van der Waals surface area (Å²) in [6, 6.07) is 12.0. The van der Waals surface area contributed by atoms with Crippen molar-refractivity contribution in [3.63, 3.8) is 0 Å². The normalized spacial score (nSPS) is 15.3. The minimum absolute atomic E-state index is 0.0141. The molecule has 0 bridgehead atoms. The zero-order valence-corrected chi connectivity index (χ0v) is 17.8. The van der Waals surface area contributed by atoms with Crippen molar-refractivity contribution in [1.82, 2.24) is 4.90 Å². The van der Waals surface area contributed by atoms with Crippen molar-refractivity contribution in [3.8, 4) is 17.4 Å². The predicted molar refractivity (Wildman–Crippen MR) is 115 cm³/mol. The SMILES string of the molecule is CCOC(=O)c1ccc(-c2ccc(C=C3C(=O)N(CCCO)C(=O)C(C#N)=C3C)o2)cc1. The summed E-state index contributed by atoms with van der Waals surface area (Å²) >= 11 is 0. The lowest BCUT2D eigenvalue weighted by Gasteiger charge is -2.27. The van der Waals surface area contributed by atoms with E-state index in [-0.39, 0.29) is 36.3 Å². The molecule has 0 spiro atoms. The molecule has 1 N–H and O–H groups in total. The Morgan fingerprint density at radius 2 is 1.91 bits per heavy atom. The number of aliphatic hydroxyl groups excluding tert-OH is 1. The van der Waals surface area contributed by atoms with Crippen LogP contribution in [-0.4, -0.2) is 47.5 Å². The van der Waals surface area contributed by atoms with Crippen LogP contribution in [0.1, 0.15) is 36.4 Å². The first kappa shape index (κ1) is 22.7. The van der Waals surface area contributed by atoms with E-state index >= 15 is 0 Å². The molecule has 2 aromatic rings. The lowest BCUT2D eigenvalue weighted by molar-refractivity contribution is -0.140. The average molecular weight is 434 g/mol. The summed E-state index contributed by atoms with van der Waals surface area (Å²) in [5.41, 5.74) is 1.49. The first-order valence-corrected chi connectivity index (χ1v) is 10.1. The third-order valence-electron chi connectivity index (χ3n) is 4.96. The Balaban J connectivity index is 1.91. The Labute approximate surface area is 185 Å². The second-order valence-corrected chi connectivity index (χ2v) is 7.01. The third kappa shape index (κ3) is 4.53. The molecule has 1 aromatic carbocycles. The zero-order chi connectivity index (χ0) is 23.3. The van der Waals surface area contributed by atoms with E-state index in [0.717, 1.165) is 10.5 Å². The van der Waals surface area contributed by atoms with Gasteiger partial charge in [0.05, 0.1) is 12.2 Å². The van der Waals surface area contributed by atoms with E-state index in [1.165, 1.54) is 6.08 Å². The second-order valence-electron chi connectivity index (χ2n) is 7.01. The maximum atomic E-state index is 12.9. The van der Waals surface area contributed by atoms with Crippen molar-refractivity contribution in [1.29, 1.82) is 5.26 Å². The Morgan fingerprint density at radius 3 is 2.53 bits per heavy atom. The molecule has 0 fully saturated rings. The van der Waals surface area contributed by atoms with Crippen molar-refractivity contribution in [3.05, 3.63) is 64.4 Å². The predicted octanol–water partition coefficient (Wildman–Crippen LogP) is 3.10. The highest BCUT2D eigenvalue weighted by Crippen LogP contribution is 2.29. The number of esters is 1. The summed E-state index contributed by atoms with van der Waals surface area (Å²) in [6.45, 7) is 3.40. The van der Waals surface area contributed by atoms with E-state index < -0.39 is 17.8 Å². The molecule has 3 rings (SSSR count). The summed E-state index contributed by atoms with van der Waals surface area (Å²) in [5.74, 6) is -0.730. The lowest BCUT2D eigenvalue weighted by Crippen LogP contribution is -2.43. The molecule has 8 nitrogen and oxygen atoms in total. The fourth-order valence-electron chi connectivity index (χ4n) is 3.27. The van der Waals surface area contributed by atoms with Crippen LogP contribution in [0.25, 0.3) is 17.4 Å². The van der Waals surface area contributed by atoms with E-state index in [4.69, 9.17) is 14.3 Å². The van der Waals surface area contributed by atoms with Gasteiger partial charge in [0.2, 0.25) is 0 Å². The van der Waals surface area contributed by atoms with Crippen LogP contribution in [0.3, 0.4) is 0 Å². The number of benzene rings is 1. The first-order valence-electron chi connectivity index (χ1n) is 10.1. The molecular formula is C24H22N2O6. The molecule has 32 heavy (non-hydrogen) atoms. The zero-order valence-electron chi connectivity index (χ0n) is 17.8. The molecule has 0 saturated heterocycles. The number of hydrogen-bond donors (Lipinski definition) is 1. The molecule has 164 valence electrons. The van der Waals surface area contributed by atoms with Crippen molar-refractivity contribution in [2.75, 3.05) is 19.8 Å². The van der Waals surface area contributed by atoms with Gasteiger partial charge in [-0.3, -0.25) is 14.5 Å². The standard InChI is InChI=1S/C24H22N2O6/c1-3-31-24(30)17-7-5-16(6-8-17)21-10-9-18(32-21)13-19-15(2)20(14-25)23(29)26(22(19)28)11-4-12-27/h5-10,13,27H,3-4,11-12H2,1-2H3. The van der Waals surface area contributed by atoms with Crippen LogP contribution < -0.4 is 0 Å². The van der Waals surface area contributed by atoms with Crippen LogP contribution >= 0.6 is 0 Å². The highest BCUT2D eigenvalue weighted by molar-refractivity contribution is 6.19. The van der Waals surface area contributed by atoms with Crippen LogP contribution in [0.15, 0.2) is 57.5 Å². The first-order chi connectivity index (χ1) is 15.4. The number of ether oxygens (including phenoxy) is 1.